The lowest BCUT2D eigenvalue weighted by molar-refractivity contribution is -0.152. The number of aliphatic hydroxyl groups excluding tert-OH is 2. The molecule has 0 aromatic heterocycles. The predicted molar refractivity (Wildman–Crippen MR) is 60.9 cm³/mol. The Morgan fingerprint density at radius 3 is 2.22 bits per heavy atom. The summed E-state index contributed by atoms with van der Waals surface area (Å²) in [6.45, 7) is 0.948. The van der Waals surface area contributed by atoms with Gasteiger partial charge in [-0.3, -0.25) is 4.79 Å². The van der Waals surface area contributed by atoms with Crippen LogP contribution < -0.4 is 5.32 Å². The summed E-state index contributed by atoms with van der Waals surface area (Å²) in [7, 11) is 0. The van der Waals surface area contributed by atoms with Gasteiger partial charge < -0.3 is 25.4 Å². The summed E-state index contributed by atoms with van der Waals surface area (Å²) >= 11 is 0. The molecular weight excluding hydrogens is 242 g/mol. The maximum Gasteiger partial charge on any atom is 0.332 e. The van der Waals surface area contributed by atoms with Crippen LogP contribution in [0.2, 0.25) is 0 Å². The van der Waals surface area contributed by atoms with Crippen molar-refractivity contribution in [3.63, 3.8) is 0 Å². The Morgan fingerprint density at radius 1 is 1.28 bits per heavy atom. The summed E-state index contributed by atoms with van der Waals surface area (Å²) in [5.74, 6) is -1.58. The van der Waals surface area contributed by atoms with Crippen molar-refractivity contribution >= 4 is 11.9 Å². The van der Waals surface area contributed by atoms with Gasteiger partial charge in [0.15, 0.2) is 6.10 Å². The average molecular weight is 261 g/mol. The number of nitrogens with one attached hydrogen (secondary N) is 1. The first-order valence-electron chi connectivity index (χ1n) is 5.90. The average Bonchev–Trinajstić information content (AvgIpc) is 2.86. The van der Waals surface area contributed by atoms with Crippen LogP contribution in [0, 0.1) is 0 Å². The zero-order valence-corrected chi connectivity index (χ0v) is 10.3. The molecule has 18 heavy (non-hydrogen) atoms. The Kier molecular flexibility index (Phi) is 5.06. The molecule has 0 unspecified atom stereocenters. The Bertz CT molecular complexity index is 306. The molecule has 4 N–H and O–H groups in total. The SMILES string of the molecule is CCC(CO)(CO)NC(=O)[C@@H]1CC[C@H](C(=O)O)O1. The van der Waals surface area contributed by atoms with Crippen molar-refractivity contribution in [2.24, 2.45) is 0 Å². The molecule has 0 spiro atoms. The number of aliphatic hydroxyl groups is 2. The van der Waals surface area contributed by atoms with Gasteiger partial charge in [-0.1, -0.05) is 6.92 Å². The molecule has 1 aliphatic rings. The fourth-order valence-corrected chi connectivity index (χ4v) is 1.79. The molecule has 0 aromatic rings. The van der Waals surface area contributed by atoms with Gasteiger partial charge in [-0.25, -0.2) is 4.79 Å². The monoisotopic (exact) mass is 261 g/mol. The van der Waals surface area contributed by atoms with Crippen LogP contribution in [0.5, 0.6) is 0 Å². The maximum atomic E-state index is 11.9. The Hall–Kier alpha value is -1.18. The molecule has 0 aromatic carbocycles. The lowest BCUT2D eigenvalue weighted by atomic mass is 9.98. The lowest BCUT2D eigenvalue weighted by Gasteiger charge is -2.30. The van der Waals surface area contributed by atoms with Crippen LogP contribution in [-0.2, 0) is 14.3 Å². The first kappa shape index (κ1) is 14.9. The molecule has 7 heteroatoms. The van der Waals surface area contributed by atoms with Gasteiger partial charge in [0.1, 0.15) is 6.10 Å². The van der Waals surface area contributed by atoms with Crippen molar-refractivity contribution in [2.75, 3.05) is 13.2 Å². The topological polar surface area (TPSA) is 116 Å². The van der Waals surface area contributed by atoms with Gasteiger partial charge in [-0.15, -0.1) is 0 Å². The van der Waals surface area contributed by atoms with E-state index in [1.165, 1.54) is 0 Å². The molecule has 2 atom stereocenters. The highest BCUT2D eigenvalue weighted by atomic mass is 16.5. The second-order valence-corrected chi connectivity index (χ2v) is 4.47. The maximum absolute atomic E-state index is 11.9. The Balaban J connectivity index is 2.58. The van der Waals surface area contributed by atoms with Crippen molar-refractivity contribution in [1.82, 2.24) is 5.32 Å². The molecular formula is C11H19NO6. The van der Waals surface area contributed by atoms with Crippen molar-refractivity contribution < 1.29 is 29.6 Å². The van der Waals surface area contributed by atoms with E-state index in [4.69, 9.17) is 9.84 Å². The number of hydrogen-bond donors (Lipinski definition) is 4. The van der Waals surface area contributed by atoms with E-state index in [9.17, 15) is 19.8 Å². The van der Waals surface area contributed by atoms with E-state index >= 15 is 0 Å². The van der Waals surface area contributed by atoms with Gasteiger partial charge in [0.2, 0.25) is 5.91 Å². The van der Waals surface area contributed by atoms with Crippen LogP contribution in [0.1, 0.15) is 26.2 Å². The van der Waals surface area contributed by atoms with Gasteiger partial charge in [-0.05, 0) is 19.3 Å². The first-order chi connectivity index (χ1) is 8.48. The van der Waals surface area contributed by atoms with E-state index in [1.807, 2.05) is 0 Å². The number of hydrogen-bond acceptors (Lipinski definition) is 5. The quantitative estimate of drug-likeness (QED) is 0.480. The third-order valence-corrected chi connectivity index (χ3v) is 3.26. The number of carbonyl (C=O) groups excluding carboxylic acids is 1. The van der Waals surface area contributed by atoms with Crippen LogP contribution in [0.4, 0.5) is 0 Å². The van der Waals surface area contributed by atoms with Gasteiger partial charge in [-0.2, -0.15) is 0 Å². The molecule has 1 aliphatic heterocycles. The number of ether oxygens (including phenoxy) is 1. The number of carboxylic acid groups (broad SMARTS) is 1. The molecule has 1 rings (SSSR count). The fourth-order valence-electron chi connectivity index (χ4n) is 1.79. The molecule has 1 heterocycles. The van der Waals surface area contributed by atoms with Crippen LogP contribution >= 0.6 is 0 Å². The van der Waals surface area contributed by atoms with E-state index in [0.717, 1.165) is 0 Å². The Morgan fingerprint density at radius 2 is 1.83 bits per heavy atom. The van der Waals surface area contributed by atoms with Crippen molar-refractivity contribution in [2.45, 2.75) is 43.9 Å². The zero-order chi connectivity index (χ0) is 13.8. The third kappa shape index (κ3) is 3.18. The van der Waals surface area contributed by atoms with E-state index in [-0.39, 0.29) is 19.6 Å². The highest BCUT2D eigenvalue weighted by molar-refractivity contribution is 5.83. The standard InChI is InChI=1S/C11H19NO6/c1-2-11(5-13,6-14)12-9(15)7-3-4-8(18-7)10(16)17/h7-8,13-14H,2-6H2,1H3,(H,12,15)(H,16,17)/t7-,8+/m0/s1. The van der Waals surface area contributed by atoms with E-state index in [2.05, 4.69) is 5.32 Å². The lowest BCUT2D eigenvalue weighted by Crippen LogP contribution is -2.56. The van der Waals surface area contributed by atoms with E-state index < -0.39 is 29.6 Å². The van der Waals surface area contributed by atoms with Crippen LogP contribution in [0.3, 0.4) is 0 Å². The summed E-state index contributed by atoms with van der Waals surface area (Å²) in [5, 5.41) is 29.7. The number of amides is 1. The third-order valence-electron chi connectivity index (χ3n) is 3.26. The predicted octanol–water partition coefficient (Wildman–Crippen LogP) is -1.13. The number of carbonyl (C=O) groups is 2. The summed E-state index contributed by atoms with van der Waals surface area (Å²) in [4.78, 5) is 22.5. The molecule has 1 amide bonds. The number of aliphatic carboxylic acids is 1. The highest BCUT2D eigenvalue weighted by Gasteiger charge is 2.38. The molecule has 0 radical (unpaired) electrons. The molecule has 104 valence electrons. The minimum atomic E-state index is -1.09. The number of carboxylic acids is 1. The zero-order valence-electron chi connectivity index (χ0n) is 10.3. The summed E-state index contributed by atoms with van der Waals surface area (Å²) < 4.78 is 5.09. The minimum absolute atomic E-state index is 0.283. The Labute approximate surface area is 105 Å². The fraction of sp³-hybridized carbons (Fsp3) is 0.818. The molecule has 0 saturated carbocycles. The first-order valence-corrected chi connectivity index (χ1v) is 5.90. The second kappa shape index (κ2) is 6.12. The second-order valence-electron chi connectivity index (χ2n) is 4.47. The molecule has 0 aliphatic carbocycles. The molecule has 7 nitrogen and oxygen atoms in total. The van der Waals surface area contributed by atoms with Crippen molar-refractivity contribution in [3.8, 4) is 0 Å². The largest absolute Gasteiger partial charge is 0.479 e. The smallest absolute Gasteiger partial charge is 0.332 e. The van der Waals surface area contributed by atoms with E-state index in [1.54, 1.807) is 6.92 Å². The van der Waals surface area contributed by atoms with Crippen LogP contribution in [0.15, 0.2) is 0 Å². The van der Waals surface area contributed by atoms with E-state index in [0.29, 0.717) is 12.8 Å². The summed E-state index contributed by atoms with van der Waals surface area (Å²) in [6.07, 6.45) is -0.833. The van der Waals surface area contributed by atoms with Crippen molar-refractivity contribution in [3.05, 3.63) is 0 Å². The molecule has 1 saturated heterocycles. The summed E-state index contributed by atoms with van der Waals surface area (Å²) in [6, 6.07) is 0. The molecule has 0 bridgehead atoms. The van der Waals surface area contributed by atoms with Crippen LogP contribution in [0.25, 0.3) is 0 Å². The normalized spacial score (nSPS) is 23.9. The number of rotatable bonds is 6. The van der Waals surface area contributed by atoms with Crippen LogP contribution in [-0.4, -0.2) is 58.2 Å². The molecule has 1 fully saturated rings. The van der Waals surface area contributed by atoms with Gasteiger partial charge in [0.25, 0.3) is 0 Å². The van der Waals surface area contributed by atoms with Crippen molar-refractivity contribution in [1.29, 1.82) is 0 Å². The van der Waals surface area contributed by atoms with Gasteiger partial charge >= 0.3 is 5.97 Å². The highest BCUT2D eigenvalue weighted by Crippen LogP contribution is 2.21. The summed E-state index contributed by atoms with van der Waals surface area (Å²) in [5.41, 5.74) is -1.08. The van der Waals surface area contributed by atoms with Gasteiger partial charge in [0, 0.05) is 0 Å². The van der Waals surface area contributed by atoms with Gasteiger partial charge in [0.05, 0.1) is 18.8 Å². The minimum Gasteiger partial charge on any atom is -0.479 e.